The van der Waals surface area contributed by atoms with Crippen LogP contribution in [-0.2, 0) is 7.05 Å². The summed E-state index contributed by atoms with van der Waals surface area (Å²) in [5, 5.41) is 0. The fourth-order valence-corrected chi connectivity index (χ4v) is 2.23. The van der Waals surface area contributed by atoms with Crippen LogP contribution in [0.5, 0.6) is 0 Å². The summed E-state index contributed by atoms with van der Waals surface area (Å²) >= 11 is 3.47. The molecule has 0 fully saturated rings. The molecule has 0 radical (unpaired) electrons. The normalized spacial score (nSPS) is 11.5. The molecule has 0 amide bonds. The average Bonchev–Trinajstić information content (AvgIpc) is 2.43. The van der Waals surface area contributed by atoms with Gasteiger partial charge in [-0.25, -0.2) is 4.79 Å². The first-order valence-corrected chi connectivity index (χ1v) is 5.68. The molecule has 0 saturated heterocycles. The topological polar surface area (TPSA) is 37.8 Å². The molecule has 0 aliphatic carbocycles. The first-order valence-electron chi connectivity index (χ1n) is 4.89. The van der Waals surface area contributed by atoms with E-state index >= 15 is 0 Å². The minimum absolute atomic E-state index is 0.0648. The Labute approximate surface area is 96.2 Å². The fourth-order valence-electron chi connectivity index (χ4n) is 1.77. The van der Waals surface area contributed by atoms with Gasteiger partial charge in [-0.05, 0) is 23.6 Å². The maximum absolute atomic E-state index is 11.5. The predicted molar refractivity (Wildman–Crippen MR) is 65.3 cm³/mol. The van der Waals surface area contributed by atoms with Crippen LogP contribution in [0, 0.1) is 0 Å². The highest BCUT2D eigenvalue weighted by Crippen LogP contribution is 2.27. The van der Waals surface area contributed by atoms with Gasteiger partial charge in [0.15, 0.2) is 0 Å². The summed E-state index contributed by atoms with van der Waals surface area (Å²) in [6.07, 6.45) is 0. The van der Waals surface area contributed by atoms with Gasteiger partial charge in [0.2, 0.25) is 0 Å². The summed E-state index contributed by atoms with van der Waals surface area (Å²) in [5.41, 5.74) is 2.99. The lowest BCUT2D eigenvalue weighted by Gasteiger charge is -2.07. The molecular formula is C11H13BrN2O. The highest BCUT2D eigenvalue weighted by molar-refractivity contribution is 9.10. The molecule has 1 N–H and O–H groups in total. The molecule has 1 heterocycles. The molecule has 2 aromatic rings. The molecule has 0 saturated carbocycles. The van der Waals surface area contributed by atoms with Gasteiger partial charge in [0.1, 0.15) is 0 Å². The number of aryl methyl sites for hydroxylation is 1. The van der Waals surface area contributed by atoms with E-state index in [1.165, 1.54) is 0 Å². The van der Waals surface area contributed by atoms with Crippen LogP contribution in [0.25, 0.3) is 11.0 Å². The Morgan fingerprint density at radius 1 is 1.40 bits per heavy atom. The van der Waals surface area contributed by atoms with Gasteiger partial charge < -0.3 is 4.98 Å². The van der Waals surface area contributed by atoms with Crippen molar-refractivity contribution in [1.82, 2.24) is 9.55 Å². The Hall–Kier alpha value is -1.03. The van der Waals surface area contributed by atoms with E-state index in [0.29, 0.717) is 5.92 Å². The molecule has 0 unspecified atom stereocenters. The Balaban J connectivity index is 2.92. The smallest absolute Gasteiger partial charge is 0.305 e. The van der Waals surface area contributed by atoms with Crippen molar-refractivity contribution in [3.05, 3.63) is 32.7 Å². The summed E-state index contributed by atoms with van der Waals surface area (Å²) < 4.78 is 2.64. The molecule has 4 heteroatoms. The Morgan fingerprint density at radius 3 is 2.67 bits per heavy atom. The zero-order valence-corrected chi connectivity index (χ0v) is 10.6. The number of halogens is 1. The molecule has 1 aromatic carbocycles. The van der Waals surface area contributed by atoms with Crippen LogP contribution in [0.15, 0.2) is 21.4 Å². The highest BCUT2D eigenvalue weighted by Gasteiger charge is 2.11. The lowest BCUT2D eigenvalue weighted by Crippen LogP contribution is -2.11. The minimum Gasteiger partial charge on any atom is -0.305 e. The number of hydrogen-bond donors (Lipinski definition) is 1. The van der Waals surface area contributed by atoms with E-state index in [4.69, 9.17) is 0 Å². The average molecular weight is 269 g/mol. The molecule has 0 aliphatic heterocycles. The molecule has 0 spiro atoms. The van der Waals surface area contributed by atoms with Crippen LogP contribution in [0.2, 0.25) is 0 Å². The van der Waals surface area contributed by atoms with Crippen LogP contribution >= 0.6 is 15.9 Å². The number of hydrogen-bond acceptors (Lipinski definition) is 1. The van der Waals surface area contributed by atoms with Crippen molar-refractivity contribution in [2.75, 3.05) is 0 Å². The van der Waals surface area contributed by atoms with Crippen molar-refractivity contribution in [3.63, 3.8) is 0 Å². The van der Waals surface area contributed by atoms with Gasteiger partial charge in [0, 0.05) is 11.5 Å². The predicted octanol–water partition coefficient (Wildman–Crippen LogP) is 2.75. The second-order valence-corrected chi connectivity index (χ2v) is 4.95. The summed E-state index contributed by atoms with van der Waals surface area (Å²) in [5.74, 6) is 0.392. The Kier molecular flexibility index (Phi) is 2.46. The number of benzene rings is 1. The second kappa shape index (κ2) is 3.52. The first kappa shape index (κ1) is 10.5. The molecule has 3 nitrogen and oxygen atoms in total. The quantitative estimate of drug-likeness (QED) is 0.849. The van der Waals surface area contributed by atoms with Gasteiger partial charge in [-0.1, -0.05) is 29.8 Å². The zero-order valence-electron chi connectivity index (χ0n) is 8.97. The maximum atomic E-state index is 11.5. The number of nitrogens with zero attached hydrogens (tertiary/aromatic N) is 1. The Morgan fingerprint density at radius 2 is 2.07 bits per heavy atom. The minimum atomic E-state index is -0.0648. The number of nitrogens with one attached hydrogen (secondary N) is 1. The summed E-state index contributed by atoms with van der Waals surface area (Å²) in [6.45, 7) is 4.24. The lowest BCUT2D eigenvalue weighted by atomic mass is 10.0. The van der Waals surface area contributed by atoms with Crippen LogP contribution in [0.1, 0.15) is 25.3 Å². The summed E-state index contributed by atoms with van der Waals surface area (Å²) in [4.78, 5) is 14.4. The van der Waals surface area contributed by atoms with Crippen LogP contribution in [-0.4, -0.2) is 9.55 Å². The highest BCUT2D eigenvalue weighted by atomic mass is 79.9. The Bertz CT molecular complexity index is 566. The molecule has 0 aliphatic rings. The van der Waals surface area contributed by atoms with Gasteiger partial charge in [0.25, 0.3) is 0 Å². The largest absolute Gasteiger partial charge is 0.326 e. The lowest BCUT2D eigenvalue weighted by molar-refractivity contribution is 0.872. The monoisotopic (exact) mass is 268 g/mol. The van der Waals surface area contributed by atoms with Crippen molar-refractivity contribution in [2.24, 2.45) is 7.05 Å². The molecule has 80 valence electrons. The fraction of sp³-hybridized carbons (Fsp3) is 0.364. The van der Waals surface area contributed by atoms with Crippen LogP contribution in [0.3, 0.4) is 0 Å². The van der Waals surface area contributed by atoms with Gasteiger partial charge in [-0.15, -0.1) is 0 Å². The molecule has 2 rings (SSSR count). The second-order valence-electron chi connectivity index (χ2n) is 4.03. The molecule has 0 atom stereocenters. The summed E-state index contributed by atoms with van der Waals surface area (Å²) in [7, 11) is 1.78. The first-order chi connectivity index (χ1) is 7.00. The number of fused-ring (bicyclic) bond motifs is 1. The van der Waals surface area contributed by atoms with E-state index in [1.54, 1.807) is 11.6 Å². The number of imidazole rings is 1. The molecular weight excluding hydrogens is 256 g/mol. The molecule has 1 aromatic heterocycles. The van der Waals surface area contributed by atoms with Crippen molar-refractivity contribution >= 4 is 27.0 Å². The van der Waals surface area contributed by atoms with E-state index in [-0.39, 0.29) is 5.69 Å². The maximum Gasteiger partial charge on any atom is 0.326 e. The molecule has 0 bridgehead atoms. The third-order valence-electron chi connectivity index (χ3n) is 2.63. The van der Waals surface area contributed by atoms with Crippen molar-refractivity contribution < 1.29 is 0 Å². The van der Waals surface area contributed by atoms with Gasteiger partial charge >= 0.3 is 5.69 Å². The molecule has 15 heavy (non-hydrogen) atoms. The van der Waals surface area contributed by atoms with Crippen LogP contribution in [0.4, 0.5) is 0 Å². The van der Waals surface area contributed by atoms with E-state index in [9.17, 15) is 4.79 Å². The standard InChI is InChI=1S/C11H13BrN2O/c1-6(2)8-4-7(12)5-9-10(8)13-11(15)14(9)3/h4-6H,1-3H3,(H,13,15). The number of aromatic amines is 1. The van der Waals surface area contributed by atoms with Crippen LogP contribution < -0.4 is 5.69 Å². The van der Waals surface area contributed by atoms with E-state index in [1.807, 2.05) is 6.07 Å². The number of H-pyrrole nitrogens is 1. The van der Waals surface area contributed by atoms with Gasteiger partial charge in [0.05, 0.1) is 11.0 Å². The van der Waals surface area contributed by atoms with Gasteiger partial charge in [-0.2, -0.15) is 0 Å². The summed E-state index contributed by atoms with van der Waals surface area (Å²) in [6, 6.07) is 4.02. The zero-order chi connectivity index (χ0) is 11.2. The van der Waals surface area contributed by atoms with E-state index < -0.39 is 0 Å². The van der Waals surface area contributed by atoms with Gasteiger partial charge in [-0.3, -0.25) is 4.57 Å². The van der Waals surface area contributed by atoms with E-state index in [0.717, 1.165) is 21.1 Å². The van der Waals surface area contributed by atoms with Crippen molar-refractivity contribution in [3.8, 4) is 0 Å². The third-order valence-corrected chi connectivity index (χ3v) is 3.09. The van der Waals surface area contributed by atoms with E-state index in [2.05, 4.69) is 40.8 Å². The van der Waals surface area contributed by atoms with Crippen molar-refractivity contribution in [1.29, 1.82) is 0 Å². The van der Waals surface area contributed by atoms with Crippen molar-refractivity contribution in [2.45, 2.75) is 19.8 Å². The third kappa shape index (κ3) is 1.63. The number of rotatable bonds is 1. The number of aromatic nitrogens is 2. The SMILES string of the molecule is CC(C)c1cc(Br)cc2c1[nH]c(=O)n2C.